The normalized spacial score (nSPS) is 17.5. The van der Waals surface area contributed by atoms with Crippen LogP contribution >= 0.6 is 11.8 Å². The van der Waals surface area contributed by atoms with E-state index in [-0.39, 0.29) is 18.6 Å². The Morgan fingerprint density at radius 2 is 2.14 bits per heavy atom. The molecule has 1 fully saturated rings. The van der Waals surface area contributed by atoms with Crippen LogP contribution in [0.15, 0.2) is 0 Å². The second kappa shape index (κ2) is 9.86. The maximum Gasteiger partial charge on any atom is 0.312 e. The maximum absolute atomic E-state index is 12.4. The SMILES string of the molecule is CSCCC(NC(N)=O)C(=O)N1CCC(OCCO)CC1. The number of ether oxygens (including phenoxy) is 1. The standard InChI is InChI=1S/C13H25N3O4S/c1-21-9-4-11(15-13(14)19)12(18)16-5-2-10(3-6-16)20-8-7-17/h10-11,17H,2-9H2,1H3,(H3,14,15,19). The molecule has 0 aromatic carbocycles. The van der Waals surface area contributed by atoms with Crippen LogP contribution in [0.2, 0.25) is 0 Å². The largest absolute Gasteiger partial charge is 0.394 e. The third-order valence-corrected chi connectivity index (χ3v) is 4.07. The van der Waals surface area contributed by atoms with Crippen molar-refractivity contribution in [1.82, 2.24) is 10.2 Å². The van der Waals surface area contributed by atoms with Gasteiger partial charge >= 0.3 is 6.03 Å². The Morgan fingerprint density at radius 1 is 1.48 bits per heavy atom. The summed E-state index contributed by atoms with van der Waals surface area (Å²) in [6.45, 7) is 1.55. The number of aliphatic hydroxyl groups excluding tert-OH is 1. The molecule has 8 heteroatoms. The monoisotopic (exact) mass is 319 g/mol. The van der Waals surface area contributed by atoms with E-state index in [1.54, 1.807) is 16.7 Å². The summed E-state index contributed by atoms with van der Waals surface area (Å²) in [5.74, 6) is 0.704. The van der Waals surface area contributed by atoms with Crippen LogP contribution in [0.25, 0.3) is 0 Å². The van der Waals surface area contributed by atoms with Crippen LogP contribution in [-0.2, 0) is 9.53 Å². The van der Waals surface area contributed by atoms with Gasteiger partial charge in [0, 0.05) is 13.1 Å². The van der Waals surface area contributed by atoms with Gasteiger partial charge < -0.3 is 25.8 Å². The molecule has 7 nitrogen and oxygen atoms in total. The predicted octanol–water partition coefficient (Wildman–Crippen LogP) is -0.224. The van der Waals surface area contributed by atoms with Crippen molar-refractivity contribution >= 4 is 23.7 Å². The lowest BCUT2D eigenvalue weighted by molar-refractivity contribution is -0.136. The molecule has 0 aliphatic carbocycles. The summed E-state index contributed by atoms with van der Waals surface area (Å²) in [4.78, 5) is 25.2. The van der Waals surface area contributed by atoms with Crippen molar-refractivity contribution in [3.8, 4) is 0 Å². The molecular weight excluding hydrogens is 294 g/mol. The Balaban J connectivity index is 2.46. The van der Waals surface area contributed by atoms with Crippen LogP contribution in [0.5, 0.6) is 0 Å². The summed E-state index contributed by atoms with van der Waals surface area (Å²) in [5, 5.41) is 11.3. The number of nitrogens with one attached hydrogen (secondary N) is 1. The van der Waals surface area contributed by atoms with Crippen molar-refractivity contribution < 1.29 is 19.4 Å². The number of amides is 3. The van der Waals surface area contributed by atoms with E-state index in [0.717, 1.165) is 18.6 Å². The molecule has 0 bridgehead atoms. The minimum Gasteiger partial charge on any atom is -0.394 e. The smallest absolute Gasteiger partial charge is 0.312 e. The van der Waals surface area contributed by atoms with Crippen molar-refractivity contribution in [3.05, 3.63) is 0 Å². The van der Waals surface area contributed by atoms with Gasteiger partial charge in [-0.2, -0.15) is 11.8 Å². The molecule has 1 heterocycles. The van der Waals surface area contributed by atoms with Gasteiger partial charge in [0.15, 0.2) is 0 Å². The Morgan fingerprint density at radius 3 is 2.67 bits per heavy atom. The quantitative estimate of drug-likeness (QED) is 0.573. The number of carbonyl (C=O) groups is 2. The van der Waals surface area contributed by atoms with E-state index < -0.39 is 12.1 Å². The molecule has 4 N–H and O–H groups in total. The van der Waals surface area contributed by atoms with Gasteiger partial charge in [-0.25, -0.2) is 4.79 Å². The van der Waals surface area contributed by atoms with E-state index in [1.807, 2.05) is 6.26 Å². The third kappa shape index (κ3) is 6.54. The molecule has 3 amide bonds. The van der Waals surface area contributed by atoms with Crippen LogP contribution in [0, 0.1) is 0 Å². The first-order valence-electron chi connectivity index (χ1n) is 7.14. The Bertz CT molecular complexity index is 335. The number of nitrogens with two attached hydrogens (primary N) is 1. The molecule has 1 aliphatic heterocycles. The van der Waals surface area contributed by atoms with E-state index in [0.29, 0.717) is 26.1 Å². The van der Waals surface area contributed by atoms with E-state index in [9.17, 15) is 9.59 Å². The third-order valence-electron chi connectivity index (χ3n) is 3.42. The summed E-state index contributed by atoms with van der Waals surface area (Å²) in [6.07, 6.45) is 4.12. The molecule has 1 unspecified atom stereocenters. The van der Waals surface area contributed by atoms with E-state index in [2.05, 4.69) is 5.32 Å². The Labute approximate surface area is 129 Å². The number of carbonyl (C=O) groups excluding carboxylic acids is 2. The van der Waals surface area contributed by atoms with Crippen LogP contribution in [0.1, 0.15) is 19.3 Å². The minimum atomic E-state index is -0.671. The molecule has 1 rings (SSSR count). The second-order valence-electron chi connectivity index (χ2n) is 4.96. The van der Waals surface area contributed by atoms with Crippen molar-refractivity contribution in [2.45, 2.75) is 31.4 Å². The number of thioether (sulfide) groups is 1. The molecule has 21 heavy (non-hydrogen) atoms. The average Bonchev–Trinajstić information content (AvgIpc) is 2.49. The van der Waals surface area contributed by atoms with Crippen LogP contribution in [0.3, 0.4) is 0 Å². The van der Waals surface area contributed by atoms with Gasteiger partial charge in [-0.1, -0.05) is 0 Å². The van der Waals surface area contributed by atoms with Gasteiger partial charge in [-0.3, -0.25) is 4.79 Å². The average molecular weight is 319 g/mol. The topological polar surface area (TPSA) is 105 Å². The number of aliphatic hydroxyl groups is 1. The van der Waals surface area contributed by atoms with Gasteiger partial charge in [-0.05, 0) is 31.3 Å². The van der Waals surface area contributed by atoms with Crippen LogP contribution in [0.4, 0.5) is 4.79 Å². The second-order valence-corrected chi connectivity index (χ2v) is 5.95. The highest BCUT2D eigenvalue weighted by Gasteiger charge is 2.28. The highest BCUT2D eigenvalue weighted by molar-refractivity contribution is 7.98. The molecule has 1 aliphatic rings. The van der Waals surface area contributed by atoms with Gasteiger partial charge in [0.2, 0.25) is 5.91 Å². The lowest BCUT2D eigenvalue weighted by Gasteiger charge is -2.34. The summed E-state index contributed by atoms with van der Waals surface area (Å²) in [7, 11) is 0. The van der Waals surface area contributed by atoms with Gasteiger partial charge in [0.1, 0.15) is 6.04 Å². The highest BCUT2D eigenvalue weighted by Crippen LogP contribution is 2.15. The fourth-order valence-electron chi connectivity index (χ4n) is 2.35. The highest BCUT2D eigenvalue weighted by atomic mass is 32.2. The fourth-order valence-corrected chi connectivity index (χ4v) is 2.82. The summed E-state index contributed by atoms with van der Waals surface area (Å²) in [6, 6.07) is -1.22. The Hall–Kier alpha value is -0.990. The van der Waals surface area contributed by atoms with Crippen LogP contribution < -0.4 is 11.1 Å². The number of piperidine rings is 1. The number of likely N-dealkylation sites (tertiary alicyclic amines) is 1. The fraction of sp³-hybridized carbons (Fsp3) is 0.846. The van der Waals surface area contributed by atoms with Crippen LogP contribution in [-0.4, -0.2) is 72.4 Å². The van der Waals surface area contributed by atoms with Gasteiger partial charge in [0.25, 0.3) is 0 Å². The van der Waals surface area contributed by atoms with Crippen molar-refractivity contribution in [1.29, 1.82) is 0 Å². The number of hydrogen-bond donors (Lipinski definition) is 3. The van der Waals surface area contributed by atoms with Crippen molar-refractivity contribution in [2.24, 2.45) is 5.73 Å². The molecule has 0 aromatic heterocycles. The molecular formula is C13H25N3O4S. The first kappa shape index (κ1) is 18.1. The lowest BCUT2D eigenvalue weighted by Crippen LogP contribution is -2.52. The maximum atomic E-state index is 12.4. The molecule has 0 saturated carbocycles. The van der Waals surface area contributed by atoms with Crippen molar-refractivity contribution in [3.63, 3.8) is 0 Å². The minimum absolute atomic E-state index is 0.0123. The zero-order chi connectivity index (χ0) is 15.7. The molecule has 122 valence electrons. The molecule has 0 aromatic rings. The Kier molecular flexibility index (Phi) is 8.48. The molecule has 1 atom stereocenters. The first-order chi connectivity index (χ1) is 10.1. The first-order valence-corrected chi connectivity index (χ1v) is 8.54. The zero-order valence-electron chi connectivity index (χ0n) is 12.4. The summed E-state index contributed by atoms with van der Waals surface area (Å²) in [5.41, 5.74) is 5.14. The van der Waals surface area contributed by atoms with E-state index >= 15 is 0 Å². The molecule has 0 radical (unpaired) electrons. The van der Waals surface area contributed by atoms with E-state index in [1.165, 1.54) is 0 Å². The number of primary amides is 1. The summed E-state index contributed by atoms with van der Waals surface area (Å²) >= 11 is 1.62. The zero-order valence-corrected chi connectivity index (χ0v) is 13.2. The van der Waals surface area contributed by atoms with Crippen molar-refractivity contribution in [2.75, 3.05) is 38.3 Å². The predicted molar refractivity (Wildman–Crippen MR) is 82.1 cm³/mol. The number of hydrogen-bond acceptors (Lipinski definition) is 5. The summed E-state index contributed by atoms with van der Waals surface area (Å²) < 4.78 is 5.47. The van der Waals surface area contributed by atoms with Gasteiger partial charge in [-0.15, -0.1) is 0 Å². The molecule has 0 spiro atoms. The number of rotatable bonds is 8. The molecule has 1 saturated heterocycles. The number of nitrogens with zero attached hydrogens (tertiary/aromatic N) is 1. The number of urea groups is 1. The lowest BCUT2D eigenvalue weighted by atomic mass is 10.1. The van der Waals surface area contributed by atoms with Gasteiger partial charge in [0.05, 0.1) is 19.3 Å². The van der Waals surface area contributed by atoms with E-state index in [4.69, 9.17) is 15.6 Å².